The highest BCUT2D eigenvalue weighted by Gasteiger charge is 2.34. The average Bonchev–Trinajstić information content (AvgIpc) is 3.05. The maximum Gasteiger partial charge on any atom is 0.0400 e. The second-order valence-electron chi connectivity index (χ2n) is 5.67. The Morgan fingerprint density at radius 3 is 2.76 bits per heavy atom. The van der Waals surface area contributed by atoms with E-state index in [1.165, 1.54) is 49.2 Å². The molecule has 1 aromatic carbocycles. The van der Waals surface area contributed by atoms with Gasteiger partial charge in [0.25, 0.3) is 0 Å². The van der Waals surface area contributed by atoms with E-state index in [9.17, 15) is 0 Å². The van der Waals surface area contributed by atoms with Crippen LogP contribution in [0.5, 0.6) is 0 Å². The quantitative estimate of drug-likeness (QED) is 0.859. The van der Waals surface area contributed by atoms with Crippen molar-refractivity contribution >= 4 is 5.69 Å². The zero-order valence-electron chi connectivity index (χ0n) is 10.9. The van der Waals surface area contributed by atoms with Gasteiger partial charge in [0.05, 0.1) is 0 Å². The molecule has 0 bridgehead atoms. The van der Waals surface area contributed by atoms with Crippen LogP contribution in [0.25, 0.3) is 0 Å². The molecule has 1 unspecified atom stereocenters. The summed E-state index contributed by atoms with van der Waals surface area (Å²) in [5.41, 5.74) is 4.03. The number of nitrogens with zero attached hydrogens (tertiary/aromatic N) is 1. The largest absolute Gasteiger partial charge is 0.381 e. The topological polar surface area (TPSA) is 15.3 Å². The molecule has 2 fully saturated rings. The highest BCUT2D eigenvalue weighted by molar-refractivity contribution is 5.53. The van der Waals surface area contributed by atoms with Crippen molar-refractivity contribution in [2.24, 2.45) is 0 Å². The number of hydrogen-bond donors (Lipinski definition) is 1. The Balaban J connectivity index is 1.64. The zero-order chi connectivity index (χ0) is 11.8. The molecule has 1 aromatic rings. The smallest absolute Gasteiger partial charge is 0.0400 e. The maximum atomic E-state index is 3.72. The molecular formula is C15H22N2. The normalized spacial score (nSPS) is 25.2. The van der Waals surface area contributed by atoms with Gasteiger partial charge in [-0.3, -0.25) is 4.90 Å². The minimum atomic E-state index is 0.649. The molecule has 2 aliphatic rings. The Kier molecular flexibility index (Phi) is 2.83. The molecule has 3 rings (SSSR count). The van der Waals surface area contributed by atoms with Crippen molar-refractivity contribution in [1.29, 1.82) is 0 Å². The Labute approximate surface area is 104 Å². The van der Waals surface area contributed by atoms with Crippen LogP contribution < -0.4 is 5.32 Å². The number of aryl methyl sites for hydroxylation is 2. The lowest BCUT2D eigenvalue weighted by Crippen LogP contribution is -2.27. The molecule has 17 heavy (non-hydrogen) atoms. The van der Waals surface area contributed by atoms with Crippen LogP contribution in [0, 0.1) is 13.8 Å². The first-order valence-corrected chi connectivity index (χ1v) is 6.80. The van der Waals surface area contributed by atoms with Gasteiger partial charge in [-0.1, -0.05) is 12.1 Å². The Morgan fingerprint density at radius 2 is 2.00 bits per heavy atom. The molecule has 0 radical (unpaired) electrons. The maximum absolute atomic E-state index is 3.72. The lowest BCUT2D eigenvalue weighted by molar-refractivity contribution is 0.326. The van der Waals surface area contributed by atoms with Crippen molar-refractivity contribution in [2.75, 3.05) is 18.4 Å². The van der Waals surface area contributed by atoms with Gasteiger partial charge in [0.15, 0.2) is 0 Å². The van der Waals surface area contributed by atoms with Crippen LogP contribution in [0.1, 0.15) is 30.4 Å². The molecule has 1 saturated heterocycles. The van der Waals surface area contributed by atoms with Gasteiger partial charge in [0.1, 0.15) is 0 Å². The molecule has 1 aliphatic heterocycles. The molecule has 1 N–H and O–H groups in total. The Hall–Kier alpha value is -1.02. The summed E-state index contributed by atoms with van der Waals surface area (Å²) >= 11 is 0. The monoisotopic (exact) mass is 230 g/mol. The minimum Gasteiger partial charge on any atom is -0.381 e. The molecule has 1 saturated carbocycles. The van der Waals surface area contributed by atoms with Crippen LogP contribution in [-0.4, -0.2) is 30.1 Å². The Morgan fingerprint density at radius 1 is 1.18 bits per heavy atom. The van der Waals surface area contributed by atoms with Crippen LogP contribution in [0.15, 0.2) is 18.2 Å². The molecule has 1 heterocycles. The van der Waals surface area contributed by atoms with Crippen LogP contribution in [0.2, 0.25) is 0 Å². The van der Waals surface area contributed by atoms with Gasteiger partial charge in [0, 0.05) is 30.9 Å². The van der Waals surface area contributed by atoms with E-state index >= 15 is 0 Å². The Bertz CT molecular complexity index is 409. The summed E-state index contributed by atoms with van der Waals surface area (Å²) in [4.78, 5) is 2.66. The van der Waals surface area contributed by atoms with Gasteiger partial charge in [-0.25, -0.2) is 0 Å². The molecule has 0 spiro atoms. The summed E-state index contributed by atoms with van der Waals surface area (Å²) in [6, 6.07) is 8.24. The predicted molar refractivity (Wildman–Crippen MR) is 72.5 cm³/mol. The fraction of sp³-hybridized carbons (Fsp3) is 0.600. The molecular weight excluding hydrogens is 208 g/mol. The van der Waals surface area contributed by atoms with Gasteiger partial charge >= 0.3 is 0 Å². The van der Waals surface area contributed by atoms with Gasteiger partial charge in [-0.2, -0.15) is 0 Å². The van der Waals surface area contributed by atoms with E-state index in [4.69, 9.17) is 0 Å². The summed E-state index contributed by atoms with van der Waals surface area (Å²) < 4.78 is 0. The third-order valence-electron chi connectivity index (χ3n) is 4.04. The van der Waals surface area contributed by atoms with E-state index in [1.807, 2.05) is 0 Å². The zero-order valence-corrected chi connectivity index (χ0v) is 10.9. The molecule has 1 atom stereocenters. The van der Waals surface area contributed by atoms with Crippen molar-refractivity contribution in [3.63, 3.8) is 0 Å². The number of hydrogen-bond acceptors (Lipinski definition) is 2. The second-order valence-corrected chi connectivity index (χ2v) is 5.67. The summed E-state index contributed by atoms with van der Waals surface area (Å²) in [5, 5.41) is 3.72. The number of rotatable bonds is 3. The van der Waals surface area contributed by atoms with E-state index in [2.05, 4.69) is 42.3 Å². The van der Waals surface area contributed by atoms with E-state index < -0.39 is 0 Å². The van der Waals surface area contributed by atoms with E-state index in [1.54, 1.807) is 0 Å². The summed E-state index contributed by atoms with van der Waals surface area (Å²) in [5.74, 6) is 0. The van der Waals surface area contributed by atoms with Crippen molar-refractivity contribution in [3.8, 4) is 0 Å². The SMILES string of the molecule is Cc1ccc(C)c(NC2CCN(C3CC3)C2)c1. The molecule has 0 amide bonds. The highest BCUT2D eigenvalue weighted by Crippen LogP contribution is 2.31. The van der Waals surface area contributed by atoms with Gasteiger partial charge in [0.2, 0.25) is 0 Å². The first kappa shape index (κ1) is 11.1. The molecule has 1 aliphatic carbocycles. The van der Waals surface area contributed by atoms with Crippen molar-refractivity contribution < 1.29 is 0 Å². The fourth-order valence-corrected chi connectivity index (χ4v) is 2.79. The molecule has 2 nitrogen and oxygen atoms in total. The average molecular weight is 230 g/mol. The summed E-state index contributed by atoms with van der Waals surface area (Å²) in [7, 11) is 0. The standard InChI is InChI=1S/C15H22N2/c1-11-3-4-12(2)15(9-11)16-13-7-8-17(10-13)14-5-6-14/h3-4,9,13-14,16H,5-8,10H2,1-2H3. The van der Waals surface area contributed by atoms with Crippen LogP contribution in [0.4, 0.5) is 5.69 Å². The number of benzene rings is 1. The highest BCUT2D eigenvalue weighted by atomic mass is 15.2. The second kappa shape index (κ2) is 4.34. The first-order chi connectivity index (χ1) is 8.22. The number of anilines is 1. The van der Waals surface area contributed by atoms with E-state index in [-0.39, 0.29) is 0 Å². The minimum absolute atomic E-state index is 0.649. The van der Waals surface area contributed by atoms with Crippen molar-refractivity contribution in [2.45, 2.75) is 45.2 Å². The van der Waals surface area contributed by atoms with Gasteiger partial charge in [-0.15, -0.1) is 0 Å². The fourth-order valence-electron chi connectivity index (χ4n) is 2.79. The number of nitrogens with one attached hydrogen (secondary N) is 1. The van der Waals surface area contributed by atoms with Gasteiger partial charge < -0.3 is 5.32 Å². The number of likely N-dealkylation sites (tertiary alicyclic amines) is 1. The lowest BCUT2D eigenvalue weighted by atomic mass is 10.1. The van der Waals surface area contributed by atoms with Crippen LogP contribution in [-0.2, 0) is 0 Å². The summed E-state index contributed by atoms with van der Waals surface area (Å²) in [6.07, 6.45) is 4.15. The van der Waals surface area contributed by atoms with E-state index in [0.717, 1.165) is 6.04 Å². The van der Waals surface area contributed by atoms with Crippen molar-refractivity contribution in [3.05, 3.63) is 29.3 Å². The summed E-state index contributed by atoms with van der Waals surface area (Å²) in [6.45, 7) is 6.87. The van der Waals surface area contributed by atoms with Crippen LogP contribution in [0.3, 0.4) is 0 Å². The van der Waals surface area contributed by atoms with E-state index in [0.29, 0.717) is 6.04 Å². The molecule has 92 valence electrons. The van der Waals surface area contributed by atoms with Crippen LogP contribution >= 0.6 is 0 Å². The molecule has 2 heteroatoms. The third kappa shape index (κ3) is 2.47. The van der Waals surface area contributed by atoms with Crippen molar-refractivity contribution in [1.82, 2.24) is 4.90 Å². The first-order valence-electron chi connectivity index (χ1n) is 6.80. The predicted octanol–water partition coefficient (Wildman–Crippen LogP) is 2.95. The lowest BCUT2D eigenvalue weighted by Gasteiger charge is -2.18. The van der Waals surface area contributed by atoms with Gasteiger partial charge in [-0.05, 0) is 50.3 Å². The third-order valence-corrected chi connectivity index (χ3v) is 4.04. The molecule has 0 aromatic heterocycles.